The van der Waals surface area contributed by atoms with Crippen molar-refractivity contribution in [2.24, 2.45) is 4.99 Å². The molecule has 3 atom stereocenters. The van der Waals surface area contributed by atoms with Crippen LogP contribution in [0.5, 0.6) is 0 Å². The lowest BCUT2D eigenvalue weighted by atomic mass is 9.99. The summed E-state index contributed by atoms with van der Waals surface area (Å²) >= 11 is 0. The highest BCUT2D eigenvalue weighted by Crippen LogP contribution is 2.24. The molecule has 7 heteroatoms. The molecule has 3 unspecified atom stereocenters. The third kappa shape index (κ3) is 6.66. The monoisotopic (exact) mass is 500 g/mol. The van der Waals surface area contributed by atoms with Crippen LogP contribution in [0.15, 0.2) is 71.4 Å². The van der Waals surface area contributed by atoms with Crippen molar-refractivity contribution >= 4 is 5.84 Å². The molecule has 1 aromatic carbocycles. The van der Waals surface area contributed by atoms with Gasteiger partial charge in [0.25, 0.3) is 0 Å². The van der Waals surface area contributed by atoms with E-state index in [9.17, 15) is 0 Å². The van der Waals surface area contributed by atoms with E-state index in [1.165, 1.54) is 24.8 Å². The Kier molecular flexibility index (Phi) is 8.66. The van der Waals surface area contributed by atoms with Gasteiger partial charge in [-0.1, -0.05) is 49.1 Å². The SMILES string of the molecule is C=C(C=CC(=CC)C1CCN=C(C2CCCN2)N1)COCc1ccc(-c2cnc(C3CCCN3)[nH]2)cc1. The quantitative estimate of drug-likeness (QED) is 0.359. The van der Waals surface area contributed by atoms with E-state index in [4.69, 9.17) is 9.73 Å². The first-order valence-electron chi connectivity index (χ1n) is 13.7. The maximum atomic E-state index is 5.95. The van der Waals surface area contributed by atoms with Gasteiger partial charge in [-0.05, 0) is 74.4 Å². The van der Waals surface area contributed by atoms with E-state index in [0.29, 0.717) is 31.3 Å². The summed E-state index contributed by atoms with van der Waals surface area (Å²) in [5.41, 5.74) is 5.57. The molecule has 37 heavy (non-hydrogen) atoms. The number of amidine groups is 1. The highest BCUT2D eigenvalue weighted by atomic mass is 16.5. The highest BCUT2D eigenvalue weighted by Gasteiger charge is 2.25. The molecule has 0 aliphatic carbocycles. The number of rotatable bonds is 10. The number of aliphatic imine (C=N–C) groups is 1. The van der Waals surface area contributed by atoms with Crippen LogP contribution < -0.4 is 16.0 Å². The van der Waals surface area contributed by atoms with Crippen LogP contribution in [-0.4, -0.2) is 54.1 Å². The van der Waals surface area contributed by atoms with E-state index < -0.39 is 0 Å². The number of hydrogen-bond acceptors (Lipinski definition) is 6. The van der Waals surface area contributed by atoms with E-state index in [2.05, 4.69) is 81.9 Å². The van der Waals surface area contributed by atoms with Crippen molar-refractivity contribution in [3.8, 4) is 11.3 Å². The van der Waals surface area contributed by atoms with Gasteiger partial charge >= 0.3 is 0 Å². The third-order valence-corrected chi connectivity index (χ3v) is 7.47. The van der Waals surface area contributed by atoms with Crippen LogP contribution in [0.4, 0.5) is 0 Å². The van der Waals surface area contributed by atoms with Crippen LogP contribution in [0.1, 0.15) is 56.5 Å². The molecule has 4 heterocycles. The summed E-state index contributed by atoms with van der Waals surface area (Å²) in [6, 6.07) is 9.52. The fourth-order valence-electron chi connectivity index (χ4n) is 5.32. The molecule has 0 radical (unpaired) electrons. The summed E-state index contributed by atoms with van der Waals surface area (Å²) in [4.78, 5) is 12.8. The number of aromatic amines is 1. The molecule has 7 nitrogen and oxygen atoms in total. The van der Waals surface area contributed by atoms with Gasteiger partial charge in [-0.2, -0.15) is 0 Å². The van der Waals surface area contributed by atoms with Crippen molar-refractivity contribution in [3.05, 3.63) is 77.8 Å². The lowest BCUT2D eigenvalue weighted by Crippen LogP contribution is -2.48. The summed E-state index contributed by atoms with van der Waals surface area (Å²) in [5, 5.41) is 10.7. The number of nitrogens with one attached hydrogen (secondary N) is 4. The number of hydrogen-bond donors (Lipinski definition) is 4. The first-order valence-corrected chi connectivity index (χ1v) is 13.7. The Labute approximate surface area is 220 Å². The van der Waals surface area contributed by atoms with Gasteiger partial charge in [0.1, 0.15) is 11.7 Å². The molecule has 1 aromatic heterocycles. The minimum absolute atomic E-state index is 0.295. The molecule has 3 aliphatic rings. The molecule has 0 amide bonds. The van der Waals surface area contributed by atoms with Crippen LogP contribution in [0.2, 0.25) is 0 Å². The van der Waals surface area contributed by atoms with Gasteiger partial charge in [0.2, 0.25) is 0 Å². The summed E-state index contributed by atoms with van der Waals surface area (Å²) in [7, 11) is 0. The minimum Gasteiger partial charge on any atom is -0.372 e. The standard InChI is InChI=1S/C30H40N6O/c1-3-23(25-14-17-33-29(35-25)26-6-4-15-31-26)11-8-21(2)19-37-20-22-9-12-24(13-10-22)28-18-34-30(36-28)27-7-5-16-32-27/h3,8-13,18,25-27,31-32H,2,4-7,14-17,19-20H2,1H3,(H,33,35)(H,34,36). The van der Waals surface area contributed by atoms with E-state index >= 15 is 0 Å². The lowest BCUT2D eigenvalue weighted by molar-refractivity contribution is 0.144. The van der Waals surface area contributed by atoms with Crippen molar-refractivity contribution in [1.29, 1.82) is 0 Å². The average molecular weight is 501 g/mol. The van der Waals surface area contributed by atoms with Gasteiger partial charge in [-0.25, -0.2) is 4.98 Å². The van der Waals surface area contributed by atoms with Crippen molar-refractivity contribution in [2.45, 2.75) is 63.8 Å². The Morgan fingerprint density at radius 3 is 2.57 bits per heavy atom. The topological polar surface area (TPSA) is 86.4 Å². The van der Waals surface area contributed by atoms with Gasteiger partial charge in [0, 0.05) is 6.54 Å². The Balaban J connectivity index is 1.07. The van der Waals surface area contributed by atoms with E-state index in [1.807, 2.05) is 6.20 Å². The molecule has 3 aliphatic heterocycles. The zero-order chi connectivity index (χ0) is 25.5. The van der Waals surface area contributed by atoms with Gasteiger partial charge in [0.05, 0.1) is 43.2 Å². The average Bonchev–Trinajstić information content (AvgIpc) is 3.72. The van der Waals surface area contributed by atoms with E-state index in [1.54, 1.807) is 0 Å². The number of benzene rings is 1. The second-order valence-corrected chi connectivity index (χ2v) is 10.2. The summed E-state index contributed by atoms with van der Waals surface area (Å²) < 4.78 is 5.95. The molecule has 2 fully saturated rings. The number of allylic oxidation sites excluding steroid dienone is 1. The van der Waals surface area contributed by atoms with Gasteiger partial charge < -0.3 is 25.7 Å². The summed E-state index contributed by atoms with van der Waals surface area (Å²) in [6.07, 6.45) is 14.1. The predicted octanol–water partition coefficient (Wildman–Crippen LogP) is 4.59. The molecule has 0 saturated carbocycles. The zero-order valence-electron chi connectivity index (χ0n) is 21.9. The molecule has 0 spiro atoms. The fraction of sp³-hybridized carbons (Fsp3) is 0.467. The zero-order valence-corrected chi connectivity index (χ0v) is 21.9. The first kappa shape index (κ1) is 25.6. The van der Waals surface area contributed by atoms with Crippen molar-refractivity contribution in [2.75, 3.05) is 26.2 Å². The third-order valence-electron chi connectivity index (χ3n) is 7.47. The smallest absolute Gasteiger partial charge is 0.123 e. The Bertz CT molecular complexity index is 1130. The normalized spacial score (nSPS) is 24.4. The van der Waals surface area contributed by atoms with Gasteiger partial charge in [0.15, 0.2) is 0 Å². The second kappa shape index (κ2) is 12.5. The lowest BCUT2D eigenvalue weighted by Gasteiger charge is -2.28. The van der Waals surface area contributed by atoms with Crippen molar-refractivity contribution in [1.82, 2.24) is 25.9 Å². The molecular weight excluding hydrogens is 460 g/mol. The molecule has 4 N–H and O–H groups in total. The predicted molar refractivity (Wildman–Crippen MR) is 151 cm³/mol. The van der Waals surface area contributed by atoms with Crippen LogP contribution in [0.3, 0.4) is 0 Å². The number of imidazole rings is 1. The highest BCUT2D eigenvalue weighted by molar-refractivity contribution is 5.89. The summed E-state index contributed by atoms with van der Waals surface area (Å²) in [5.74, 6) is 2.15. The molecule has 5 rings (SSSR count). The number of nitrogens with zero attached hydrogens (tertiary/aromatic N) is 2. The largest absolute Gasteiger partial charge is 0.372 e. The van der Waals surface area contributed by atoms with Gasteiger partial charge in [-0.3, -0.25) is 4.99 Å². The maximum Gasteiger partial charge on any atom is 0.123 e. The number of H-pyrrole nitrogens is 1. The molecule has 0 bridgehead atoms. The second-order valence-electron chi connectivity index (χ2n) is 10.2. The maximum absolute atomic E-state index is 5.95. The van der Waals surface area contributed by atoms with Crippen LogP contribution >= 0.6 is 0 Å². The van der Waals surface area contributed by atoms with Crippen LogP contribution in [0, 0.1) is 0 Å². The Hall–Kier alpha value is -3.00. The van der Waals surface area contributed by atoms with Crippen LogP contribution in [-0.2, 0) is 11.3 Å². The fourth-order valence-corrected chi connectivity index (χ4v) is 5.32. The number of ether oxygens (including phenoxy) is 1. The molecular formula is C30H40N6O. The van der Waals surface area contributed by atoms with Crippen molar-refractivity contribution in [3.63, 3.8) is 0 Å². The first-order chi connectivity index (χ1) is 18.2. The number of aromatic nitrogens is 2. The Morgan fingerprint density at radius 2 is 1.84 bits per heavy atom. The summed E-state index contributed by atoms with van der Waals surface area (Å²) in [6.45, 7) is 10.4. The van der Waals surface area contributed by atoms with Crippen LogP contribution in [0.25, 0.3) is 11.3 Å². The van der Waals surface area contributed by atoms with E-state index in [-0.39, 0.29) is 0 Å². The molecule has 2 saturated heterocycles. The minimum atomic E-state index is 0.295. The Morgan fingerprint density at radius 1 is 1.05 bits per heavy atom. The van der Waals surface area contributed by atoms with Gasteiger partial charge in [-0.15, -0.1) is 0 Å². The molecule has 196 valence electrons. The molecule has 2 aromatic rings. The van der Waals surface area contributed by atoms with Crippen molar-refractivity contribution < 1.29 is 4.74 Å². The van der Waals surface area contributed by atoms with E-state index in [0.717, 1.165) is 66.5 Å².